The van der Waals surface area contributed by atoms with Gasteiger partial charge in [-0.15, -0.1) is 0 Å². The van der Waals surface area contributed by atoms with Crippen molar-refractivity contribution in [3.63, 3.8) is 0 Å². The third kappa shape index (κ3) is 3.76. The second-order valence-electron chi connectivity index (χ2n) is 4.65. The minimum Gasteiger partial charge on any atom is -0.398 e. The Morgan fingerprint density at radius 1 is 1.37 bits per heavy atom. The van der Waals surface area contributed by atoms with E-state index in [9.17, 15) is 13.2 Å². The summed E-state index contributed by atoms with van der Waals surface area (Å²) in [5.41, 5.74) is 4.72. The van der Waals surface area contributed by atoms with Crippen molar-refractivity contribution < 1.29 is 17.9 Å². The first kappa shape index (κ1) is 14.0. The van der Waals surface area contributed by atoms with E-state index in [1.54, 1.807) is 6.07 Å². The molecule has 106 valence electrons. The SMILES string of the molecule is Nc1ccc(NCCC2CCCO2)cc1C(F)(F)F. The second-order valence-corrected chi connectivity index (χ2v) is 4.65. The number of hydrogen-bond donors (Lipinski definition) is 2. The summed E-state index contributed by atoms with van der Waals surface area (Å²) < 4.78 is 43.5. The Labute approximate surface area is 109 Å². The Morgan fingerprint density at radius 2 is 2.16 bits per heavy atom. The highest BCUT2D eigenvalue weighted by Crippen LogP contribution is 2.35. The fraction of sp³-hybridized carbons (Fsp3) is 0.538. The van der Waals surface area contributed by atoms with Crippen LogP contribution >= 0.6 is 0 Å². The molecule has 1 unspecified atom stereocenters. The van der Waals surface area contributed by atoms with Gasteiger partial charge in [-0.1, -0.05) is 0 Å². The van der Waals surface area contributed by atoms with Crippen LogP contribution in [-0.2, 0) is 10.9 Å². The van der Waals surface area contributed by atoms with Crippen molar-refractivity contribution in [1.82, 2.24) is 0 Å². The molecule has 0 aromatic heterocycles. The fourth-order valence-electron chi connectivity index (χ4n) is 2.16. The third-order valence-corrected chi connectivity index (χ3v) is 3.18. The minimum absolute atomic E-state index is 0.225. The highest BCUT2D eigenvalue weighted by Gasteiger charge is 2.33. The zero-order chi connectivity index (χ0) is 13.9. The molecule has 0 spiro atoms. The third-order valence-electron chi connectivity index (χ3n) is 3.18. The molecule has 1 heterocycles. The minimum atomic E-state index is -4.42. The van der Waals surface area contributed by atoms with Crippen molar-refractivity contribution in [3.8, 4) is 0 Å². The quantitative estimate of drug-likeness (QED) is 0.828. The lowest BCUT2D eigenvalue weighted by Crippen LogP contribution is -2.14. The summed E-state index contributed by atoms with van der Waals surface area (Å²) >= 11 is 0. The molecular formula is C13H17F3N2O. The normalized spacial score (nSPS) is 19.6. The van der Waals surface area contributed by atoms with Crippen LogP contribution in [0.5, 0.6) is 0 Å². The second kappa shape index (κ2) is 5.69. The number of nitrogens with one attached hydrogen (secondary N) is 1. The summed E-state index contributed by atoms with van der Waals surface area (Å²) in [7, 11) is 0. The van der Waals surface area contributed by atoms with E-state index < -0.39 is 11.7 Å². The number of anilines is 2. The van der Waals surface area contributed by atoms with Gasteiger partial charge >= 0.3 is 6.18 Å². The van der Waals surface area contributed by atoms with E-state index in [4.69, 9.17) is 10.5 Å². The van der Waals surface area contributed by atoms with Crippen LogP contribution in [0.15, 0.2) is 18.2 Å². The lowest BCUT2D eigenvalue weighted by atomic mass is 10.1. The van der Waals surface area contributed by atoms with E-state index in [-0.39, 0.29) is 11.8 Å². The van der Waals surface area contributed by atoms with Gasteiger partial charge < -0.3 is 15.8 Å². The zero-order valence-corrected chi connectivity index (χ0v) is 10.5. The van der Waals surface area contributed by atoms with E-state index >= 15 is 0 Å². The van der Waals surface area contributed by atoms with Gasteiger partial charge in [0.15, 0.2) is 0 Å². The van der Waals surface area contributed by atoms with Gasteiger partial charge in [0.25, 0.3) is 0 Å². The summed E-state index contributed by atoms with van der Waals surface area (Å²) in [6.45, 7) is 1.37. The molecule has 0 radical (unpaired) electrons. The van der Waals surface area contributed by atoms with Crippen molar-refractivity contribution in [2.24, 2.45) is 0 Å². The Balaban J connectivity index is 1.93. The van der Waals surface area contributed by atoms with Crippen LogP contribution in [0.2, 0.25) is 0 Å². The van der Waals surface area contributed by atoms with Crippen LogP contribution in [0.4, 0.5) is 24.5 Å². The average Bonchev–Trinajstić information content (AvgIpc) is 2.83. The molecule has 1 aliphatic heterocycles. The van der Waals surface area contributed by atoms with Crippen molar-refractivity contribution in [3.05, 3.63) is 23.8 Å². The van der Waals surface area contributed by atoms with Crippen molar-refractivity contribution in [2.75, 3.05) is 24.2 Å². The van der Waals surface area contributed by atoms with Crippen LogP contribution in [0, 0.1) is 0 Å². The molecular weight excluding hydrogens is 257 g/mol. The molecule has 0 saturated carbocycles. The Bertz CT molecular complexity index is 428. The summed E-state index contributed by atoms with van der Waals surface area (Å²) in [5, 5.41) is 2.98. The molecule has 3 N–H and O–H groups in total. The molecule has 1 aromatic rings. The number of alkyl halides is 3. The van der Waals surface area contributed by atoms with Crippen LogP contribution < -0.4 is 11.1 Å². The monoisotopic (exact) mass is 274 g/mol. The lowest BCUT2D eigenvalue weighted by Gasteiger charge is -2.14. The van der Waals surface area contributed by atoms with Crippen LogP contribution in [0.3, 0.4) is 0 Å². The molecule has 1 aliphatic rings. The van der Waals surface area contributed by atoms with Gasteiger partial charge in [0.1, 0.15) is 0 Å². The molecule has 3 nitrogen and oxygen atoms in total. The summed E-state index contributed by atoms with van der Waals surface area (Å²) in [5.74, 6) is 0. The van der Waals surface area contributed by atoms with Gasteiger partial charge in [-0.2, -0.15) is 13.2 Å². The van der Waals surface area contributed by atoms with Crippen LogP contribution in [0.1, 0.15) is 24.8 Å². The Morgan fingerprint density at radius 3 is 2.79 bits per heavy atom. The number of ether oxygens (including phenoxy) is 1. The molecule has 1 saturated heterocycles. The van der Waals surface area contributed by atoms with Crippen molar-refractivity contribution >= 4 is 11.4 Å². The van der Waals surface area contributed by atoms with E-state index in [1.807, 2.05) is 0 Å². The summed E-state index contributed by atoms with van der Waals surface area (Å²) in [4.78, 5) is 0. The van der Waals surface area contributed by atoms with Crippen LogP contribution in [-0.4, -0.2) is 19.3 Å². The highest BCUT2D eigenvalue weighted by molar-refractivity contribution is 5.58. The maximum Gasteiger partial charge on any atom is 0.418 e. The average molecular weight is 274 g/mol. The molecule has 2 rings (SSSR count). The number of nitrogens with two attached hydrogens (primary N) is 1. The Kier molecular flexibility index (Phi) is 4.19. The molecule has 0 aliphatic carbocycles. The maximum absolute atomic E-state index is 12.7. The predicted molar refractivity (Wildman–Crippen MR) is 67.9 cm³/mol. The standard InChI is InChI=1S/C13H17F3N2O/c14-13(15,16)11-8-9(3-4-12(11)17)18-6-5-10-2-1-7-19-10/h3-4,8,10,18H,1-2,5-7,17H2. The van der Waals surface area contributed by atoms with E-state index in [0.29, 0.717) is 12.2 Å². The number of halogens is 3. The van der Waals surface area contributed by atoms with Crippen molar-refractivity contribution in [1.29, 1.82) is 0 Å². The zero-order valence-electron chi connectivity index (χ0n) is 10.5. The largest absolute Gasteiger partial charge is 0.418 e. The Hall–Kier alpha value is -1.43. The smallest absolute Gasteiger partial charge is 0.398 e. The van der Waals surface area contributed by atoms with E-state index in [0.717, 1.165) is 31.9 Å². The van der Waals surface area contributed by atoms with E-state index in [1.165, 1.54) is 6.07 Å². The molecule has 1 aromatic carbocycles. The van der Waals surface area contributed by atoms with Crippen molar-refractivity contribution in [2.45, 2.75) is 31.5 Å². The molecule has 1 fully saturated rings. The number of nitrogen functional groups attached to an aromatic ring is 1. The molecule has 0 bridgehead atoms. The number of benzene rings is 1. The van der Waals surface area contributed by atoms with Gasteiger partial charge in [0.05, 0.1) is 11.7 Å². The molecule has 6 heteroatoms. The van der Waals surface area contributed by atoms with Gasteiger partial charge in [-0.25, -0.2) is 0 Å². The first-order valence-corrected chi connectivity index (χ1v) is 6.29. The molecule has 19 heavy (non-hydrogen) atoms. The number of hydrogen-bond acceptors (Lipinski definition) is 3. The first-order chi connectivity index (χ1) is 8.97. The maximum atomic E-state index is 12.7. The van der Waals surface area contributed by atoms with Gasteiger partial charge in [0.2, 0.25) is 0 Å². The van der Waals surface area contributed by atoms with Gasteiger partial charge in [-0.3, -0.25) is 0 Å². The fourth-order valence-corrected chi connectivity index (χ4v) is 2.16. The van der Waals surface area contributed by atoms with E-state index in [2.05, 4.69) is 5.32 Å². The molecule has 1 atom stereocenters. The topological polar surface area (TPSA) is 47.3 Å². The lowest BCUT2D eigenvalue weighted by molar-refractivity contribution is -0.136. The summed E-state index contributed by atoms with van der Waals surface area (Å²) in [6, 6.07) is 3.88. The predicted octanol–water partition coefficient (Wildman–Crippen LogP) is 3.27. The highest BCUT2D eigenvalue weighted by atomic mass is 19.4. The molecule has 0 amide bonds. The van der Waals surface area contributed by atoms with Gasteiger partial charge in [0, 0.05) is 24.5 Å². The van der Waals surface area contributed by atoms with Crippen LogP contribution in [0.25, 0.3) is 0 Å². The summed E-state index contributed by atoms with van der Waals surface area (Å²) in [6.07, 6.45) is -1.31. The first-order valence-electron chi connectivity index (χ1n) is 6.29. The van der Waals surface area contributed by atoms with Gasteiger partial charge in [-0.05, 0) is 37.5 Å². The number of rotatable bonds is 4.